The number of amides is 1. The van der Waals surface area contributed by atoms with Gasteiger partial charge in [0.1, 0.15) is 17.0 Å². The molecule has 1 aromatic carbocycles. The third-order valence-corrected chi connectivity index (χ3v) is 7.23. The fourth-order valence-corrected chi connectivity index (χ4v) is 5.43. The first-order valence-electron chi connectivity index (χ1n) is 13.2. The zero-order valence-electron chi connectivity index (χ0n) is 22.4. The number of ether oxygens (including phenoxy) is 2. The second-order valence-corrected chi connectivity index (χ2v) is 9.52. The predicted octanol–water partition coefficient (Wildman–Crippen LogP) is 2.77. The summed E-state index contributed by atoms with van der Waals surface area (Å²) in [5.74, 6) is -2.37. The van der Waals surface area contributed by atoms with Gasteiger partial charge in [-0.2, -0.15) is 13.9 Å². The summed E-state index contributed by atoms with van der Waals surface area (Å²) in [7, 11) is 0. The molecule has 0 radical (unpaired) electrons. The van der Waals surface area contributed by atoms with Crippen LogP contribution in [0.5, 0.6) is 5.75 Å². The standard InChI is InChI=1S/C25H20F3N7O3/c1-34-15-5-13(17-12(22(34)36)3-2-4-16(17)38-24(27)28)18-20(15)33-35-8-14(26)19(32-21(18)35)11-6-30-23(31-7-11)25(29)9-37-10-25/h2-4,6-8,13,15,24H,5,9-10,29H2,1H3/t13-,15-/m1/s1/i1D3. The molecule has 0 unspecified atom stereocenters. The van der Waals surface area contributed by atoms with Crippen molar-refractivity contribution in [2.75, 3.05) is 20.2 Å². The Morgan fingerprint density at radius 1 is 1.26 bits per heavy atom. The van der Waals surface area contributed by atoms with Crippen LogP contribution in [0.15, 0.2) is 36.8 Å². The molecule has 3 aromatic heterocycles. The van der Waals surface area contributed by atoms with Crippen LogP contribution in [0.1, 0.15) is 55.5 Å². The number of hydrogen-bond donors (Lipinski definition) is 1. The Morgan fingerprint density at radius 2 is 2.05 bits per heavy atom. The molecular weight excluding hydrogens is 503 g/mol. The monoisotopic (exact) mass is 526 g/mol. The molecule has 5 heterocycles. The van der Waals surface area contributed by atoms with E-state index in [4.69, 9.17) is 19.3 Å². The van der Waals surface area contributed by atoms with Gasteiger partial charge >= 0.3 is 6.61 Å². The van der Waals surface area contributed by atoms with Crippen molar-refractivity contribution in [1.82, 2.24) is 29.5 Å². The normalized spacial score (nSPS) is 22.8. The minimum absolute atomic E-state index is 0.0295. The summed E-state index contributed by atoms with van der Waals surface area (Å²) in [5.41, 5.74) is 6.23. The van der Waals surface area contributed by atoms with Crippen molar-refractivity contribution in [3.63, 3.8) is 0 Å². The van der Waals surface area contributed by atoms with E-state index in [0.29, 0.717) is 16.3 Å². The summed E-state index contributed by atoms with van der Waals surface area (Å²) in [5, 5.41) is 4.42. The number of carbonyl (C=O) groups is 1. The van der Waals surface area contributed by atoms with Gasteiger partial charge in [-0.1, -0.05) is 6.07 Å². The second kappa shape index (κ2) is 7.95. The highest BCUT2D eigenvalue weighted by atomic mass is 19.3. The summed E-state index contributed by atoms with van der Waals surface area (Å²) in [6, 6.07) is 2.95. The van der Waals surface area contributed by atoms with E-state index in [2.05, 4.69) is 20.1 Å². The van der Waals surface area contributed by atoms with E-state index in [9.17, 15) is 13.6 Å². The van der Waals surface area contributed by atoms with E-state index in [-0.39, 0.29) is 59.1 Å². The average Bonchev–Trinajstić information content (AvgIpc) is 3.38. The molecule has 2 aliphatic heterocycles. The summed E-state index contributed by atoms with van der Waals surface area (Å²) < 4.78 is 77.5. The Kier molecular flexibility index (Phi) is 4.17. The first-order valence-corrected chi connectivity index (χ1v) is 11.7. The van der Waals surface area contributed by atoms with Crippen molar-refractivity contribution in [3.05, 3.63) is 70.8 Å². The zero-order chi connectivity index (χ0) is 28.8. The fraction of sp³-hybridized carbons (Fsp3) is 0.320. The van der Waals surface area contributed by atoms with Gasteiger partial charge in [0.15, 0.2) is 17.3 Å². The number of nitrogens with zero attached hydrogens (tertiary/aromatic N) is 6. The lowest BCUT2D eigenvalue weighted by atomic mass is 9.89. The number of nitrogens with two attached hydrogens (primary N) is 1. The Morgan fingerprint density at radius 3 is 2.74 bits per heavy atom. The highest BCUT2D eigenvalue weighted by molar-refractivity contribution is 5.98. The predicted molar refractivity (Wildman–Crippen MR) is 125 cm³/mol. The van der Waals surface area contributed by atoms with Crippen molar-refractivity contribution in [3.8, 4) is 17.0 Å². The van der Waals surface area contributed by atoms with Crippen LogP contribution in [0, 0.1) is 5.82 Å². The number of carbonyl (C=O) groups excluding carboxylic acids is 1. The van der Waals surface area contributed by atoms with E-state index in [1.807, 2.05) is 0 Å². The summed E-state index contributed by atoms with van der Waals surface area (Å²) in [6.45, 7) is -5.58. The van der Waals surface area contributed by atoms with Crippen LogP contribution in [-0.4, -0.2) is 62.2 Å². The number of rotatable bonds is 4. The quantitative estimate of drug-likeness (QED) is 0.431. The number of aromatic nitrogens is 5. The molecule has 13 heteroatoms. The number of halogens is 3. The van der Waals surface area contributed by atoms with Gasteiger partial charge in [-0.25, -0.2) is 23.9 Å². The van der Waals surface area contributed by atoms with Crippen LogP contribution in [0.2, 0.25) is 0 Å². The third kappa shape index (κ3) is 3.18. The van der Waals surface area contributed by atoms with Gasteiger partial charge in [-0.3, -0.25) is 4.79 Å². The number of benzene rings is 1. The van der Waals surface area contributed by atoms with Crippen LogP contribution in [0.4, 0.5) is 13.2 Å². The molecule has 7 rings (SSSR count). The van der Waals surface area contributed by atoms with Crippen LogP contribution in [0.3, 0.4) is 0 Å². The van der Waals surface area contributed by atoms with Crippen molar-refractivity contribution in [2.45, 2.75) is 30.5 Å². The second-order valence-electron chi connectivity index (χ2n) is 9.52. The molecule has 1 saturated heterocycles. The molecule has 2 atom stereocenters. The van der Waals surface area contributed by atoms with Gasteiger partial charge in [-0.05, 0) is 18.6 Å². The maximum absolute atomic E-state index is 15.3. The van der Waals surface area contributed by atoms with Crippen molar-refractivity contribution in [2.24, 2.45) is 5.73 Å². The van der Waals surface area contributed by atoms with E-state index < -0.39 is 42.8 Å². The average molecular weight is 526 g/mol. The first-order chi connectivity index (χ1) is 19.5. The smallest absolute Gasteiger partial charge is 0.387 e. The molecule has 0 spiro atoms. The van der Waals surface area contributed by atoms with Crippen LogP contribution in [-0.2, 0) is 10.3 Å². The van der Waals surface area contributed by atoms with E-state index in [1.165, 1.54) is 30.6 Å². The Bertz CT molecular complexity index is 1730. The van der Waals surface area contributed by atoms with Crippen molar-refractivity contribution in [1.29, 1.82) is 0 Å². The SMILES string of the molecule is [2H]C([2H])([2H])N1C(=O)c2cccc(OC(F)F)c2[C@H]2C[C@@H]1c1nn3cc(F)c(-c4cnc(C5(N)COC5)nc4)nc3c12. The Labute approximate surface area is 217 Å². The molecule has 2 bridgehead atoms. The van der Waals surface area contributed by atoms with E-state index >= 15 is 4.39 Å². The molecule has 0 saturated carbocycles. The van der Waals surface area contributed by atoms with E-state index in [1.54, 1.807) is 0 Å². The van der Waals surface area contributed by atoms with Crippen LogP contribution in [0.25, 0.3) is 16.9 Å². The largest absolute Gasteiger partial charge is 0.434 e. The molecule has 194 valence electrons. The van der Waals surface area contributed by atoms with Crippen molar-refractivity contribution >= 4 is 11.6 Å². The third-order valence-electron chi connectivity index (χ3n) is 7.23. The molecule has 4 aromatic rings. The summed E-state index contributed by atoms with van der Waals surface area (Å²) in [4.78, 5) is 27.3. The minimum atomic E-state index is -3.19. The molecule has 2 N–H and O–H groups in total. The fourth-order valence-electron chi connectivity index (χ4n) is 5.43. The van der Waals surface area contributed by atoms with Gasteiger partial charge < -0.3 is 20.1 Å². The highest BCUT2D eigenvalue weighted by Crippen LogP contribution is 2.53. The molecule has 1 aliphatic carbocycles. The van der Waals surface area contributed by atoms with Gasteiger partial charge in [0, 0.05) is 51.7 Å². The molecular formula is C25H20F3N7O3. The lowest BCUT2D eigenvalue weighted by Crippen LogP contribution is -2.55. The molecule has 3 aliphatic rings. The van der Waals surface area contributed by atoms with Crippen molar-refractivity contribution < 1.29 is 31.6 Å². The maximum Gasteiger partial charge on any atom is 0.387 e. The number of fused-ring (bicyclic) bond motifs is 9. The van der Waals surface area contributed by atoms with Crippen LogP contribution >= 0.6 is 0 Å². The number of hydrogen-bond acceptors (Lipinski definition) is 8. The Balaban J connectivity index is 1.42. The van der Waals surface area contributed by atoms with Gasteiger partial charge in [0.05, 0.1) is 31.1 Å². The lowest BCUT2D eigenvalue weighted by Gasteiger charge is -2.35. The summed E-state index contributed by atoms with van der Waals surface area (Å²) in [6.07, 6.45) is 3.87. The zero-order valence-corrected chi connectivity index (χ0v) is 19.4. The maximum atomic E-state index is 15.3. The highest BCUT2D eigenvalue weighted by Gasteiger charge is 2.46. The lowest BCUT2D eigenvalue weighted by molar-refractivity contribution is -0.0613. The summed E-state index contributed by atoms with van der Waals surface area (Å²) >= 11 is 0. The number of alkyl halides is 2. The van der Waals surface area contributed by atoms with Gasteiger partial charge in [0.2, 0.25) is 0 Å². The van der Waals surface area contributed by atoms with E-state index in [0.717, 1.165) is 10.7 Å². The van der Waals surface area contributed by atoms with Gasteiger partial charge in [-0.15, -0.1) is 0 Å². The Hall–Kier alpha value is -4.10. The first kappa shape index (κ1) is 19.9. The molecule has 1 fully saturated rings. The minimum Gasteiger partial charge on any atom is -0.434 e. The topological polar surface area (TPSA) is 121 Å². The van der Waals surface area contributed by atoms with Crippen LogP contribution < -0.4 is 10.5 Å². The molecule has 1 amide bonds. The molecule has 10 nitrogen and oxygen atoms in total. The molecule has 38 heavy (non-hydrogen) atoms. The van der Waals surface area contributed by atoms with Gasteiger partial charge in [0.25, 0.3) is 5.91 Å².